The third-order valence-electron chi connectivity index (χ3n) is 3.15. The summed E-state index contributed by atoms with van der Waals surface area (Å²) in [5.74, 6) is -0.352. The van der Waals surface area contributed by atoms with Crippen molar-refractivity contribution >= 4 is 45.1 Å². The van der Waals surface area contributed by atoms with E-state index in [2.05, 4.69) is 0 Å². The number of allylic oxidation sites excluding steroid dienone is 1. The molecule has 0 amide bonds. The molecule has 0 spiro atoms. The summed E-state index contributed by atoms with van der Waals surface area (Å²) in [4.78, 5) is 12.0. The van der Waals surface area contributed by atoms with E-state index in [-0.39, 0.29) is 16.2 Å². The van der Waals surface area contributed by atoms with Crippen molar-refractivity contribution in [2.45, 2.75) is 4.90 Å². The van der Waals surface area contributed by atoms with Crippen molar-refractivity contribution in [3.05, 3.63) is 63.6 Å². The molecule has 0 saturated carbocycles. The van der Waals surface area contributed by atoms with Crippen LogP contribution >= 0.6 is 23.2 Å². The summed E-state index contributed by atoms with van der Waals surface area (Å²) >= 11 is 11.9. The lowest BCUT2D eigenvalue weighted by Gasteiger charge is -2.07. The number of ketones is 1. The van der Waals surface area contributed by atoms with Gasteiger partial charge in [0.1, 0.15) is 10.6 Å². The van der Waals surface area contributed by atoms with E-state index in [1.165, 1.54) is 37.5 Å². The number of methoxy groups -OCH3 is 1. The van der Waals surface area contributed by atoms with Crippen molar-refractivity contribution in [1.29, 1.82) is 0 Å². The van der Waals surface area contributed by atoms with Gasteiger partial charge in [0.05, 0.1) is 17.2 Å². The van der Waals surface area contributed by atoms with Gasteiger partial charge in [-0.25, -0.2) is 13.6 Å². The van der Waals surface area contributed by atoms with E-state index in [9.17, 15) is 13.2 Å². The predicted octanol–water partition coefficient (Wildman–Crippen LogP) is 3.55. The van der Waals surface area contributed by atoms with Crippen LogP contribution in [-0.2, 0) is 10.0 Å². The lowest BCUT2D eigenvalue weighted by atomic mass is 10.1. The summed E-state index contributed by atoms with van der Waals surface area (Å²) in [5.41, 5.74) is 0.715. The van der Waals surface area contributed by atoms with Crippen molar-refractivity contribution in [3.8, 4) is 5.75 Å². The number of benzene rings is 2. The molecule has 8 heteroatoms. The zero-order valence-corrected chi connectivity index (χ0v) is 14.8. The summed E-state index contributed by atoms with van der Waals surface area (Å²) in [6.45, 7) is 0. The number of rotatable bonds is 5. The maximum Gasteiger partial charge on any atom is 0.241 e. The monoisotopic (exact) mass is 385 g/mol. The highest BCUT2D eigenvalue weighted by atomic mass is 35.5. The molecule has 24 heavy (non-hydrogen) atoms. The fourth-order valence-corrected chi connectivity index (χ4v) is 3.06. The van der Waals surface area contributed by atoms with Crippen molar-refractivity contribution in [2.75, 3.05) is 7.11 Å². The molecule has 2 N–H and O–H groups in total. The molecule has 0 aromatic heterocycles. The van der Waals surface area contributed by atoms with Crippen LogP contribution in [0.15, 0.2) is 47.4 Å². The van der Waals surface area contributed by atoms with E-state index in [0.717, 1.165) is 0 Å². The zero-order valence-electron chi connectivity index (χ0n) is 12.5. The van der Waals surface area contributed by atoms with Crippen LogP contribution < -0.4 is 9.88 Å². The Labute approximate surface area is 149 Å². The normalized spacial score (nSPS) is 11.7. The molecular formula is C16H13Cl2NO4S. The Hall–Kier alpha value is -1.86. The lowest BCUT2D eigenvalue weighted by molar-refractivity contribution is 0.104. The number of hydrogen-bond donors (Lipinski definition) is 1. The summed E-state index contributed by atoms with van der Waals surface area (Å²) in [7, 11) is -2.71. The highest BCUT2D eigenvalue weighted by Gasteiger charge is 2.17. The summed E-state index contributed by atoms with van der Waals surface area (Å²) in [6, 6.07) is 9.00. The molecular weight excluding hydrogens is 373 g/mol. The Kier molecular flexibility index (Phi) is 5.66. The topological polar surface area (TPSA) is 86.5 Å². The summed E-state index contributed by atoms with van der Waals surface area (Å²) in [5, 5.41) is 5.82. The number of hydrogen-bond acceptors (Lipinski definition) is 4. The van der Waals surface area contributed by atoms with Gasteiger partial charge in [0, 0.05) is 5.56 Å². The molecule has 5 nitrogen and oxygen atoms in total. The molecule has 2 aromatic carbocycles. The van der Waals surface area contributed by atoms with Crippen LogP contribution in [0.4, 0.5) is 0 Å². The Morgan fingerprint density at radius 3 is 2.54 bits per heavy atom. The van der Waals surface area contributed by atoms with Crippen LogP contribution in [0.25, 0.3) is 6.08 Å². The van der Waals surface area contributed by atoms with Gasteiger partial charge >= 0.3 is 0 Å². The third kappa shape index (κ3) is 4.15. The molecule has 0 aliphatic carbocycles. The fourth-order valence-electron chi connectivity index (χ4n) is 1.96. The zero-order chi connectivity index (χ0) is 17.9. The number of sulfonamides is 1. The maximum absolute atomic E-state index is 12.3. The second-order valence-electron chi connectivity index (χ2n) is 4.75. The Morgan fingerprint density at radius 2 is 1.92 bits per heavy atom. The van der Waals surface area contributed by atoms with Crippen LogP contribution in [0.2, 0.25) is 10.0 Å². The van der Waals surface area contributed by atoms with Gasteiger partial charge in [-0.2, -0.15) is 0 Å². The standard InChI is InChI=1S/C16H13Cl2NO4S/c1-23-14-8-6-11(9-15(14)24(19,21)22)13(20)7-5-10-3-2-4-12(17)16(10)18/h2-9H,1H3,(H2,19,21,22)/b7-5+. The quantitative estimate of drug-likeness (QED) is 0.629. The molecule has 0 radical (unpaired) electrons. The average Bonchev–Trinajstić information content (AvgIpc) is 2.54. The molecule has 126 valence electrons. The van der Waals surface area contributed by atoms with Gasteiger partial charge in [0.2, 0.25) is 10.0 Å². The van der Waals surface area contributed by atoms with E-state index in [1.807, 2.05) is 0 Å². The van der Waals surface area contributed by atoms with Crippen molar-refractivity contribution < 1.29 is 17.9 Å². The third-order valence-corrected chi connectivity index (χ3v) is 4.92. The Balaban J connectivity index is 2.37. The highest BCUT2D eigenvalue weighted by Crippen LogP contribution is 2.27. The number of ether oxygens (including phenoxy) is 1. The molecule has 0 aliphatic rings. The molecule has 0 atom stereocenters. The fraction of sp³-hybridized carbons (Fsp3) is 0.0625. The first-order valence-electron chi connectivity index (χ1n) is 6.61. The van der Waals surface area contributed by atoms with Crippen LogP contribution in [0.5, 0.6) is 5.75 Å². The van der Waals surface area contributed by atoms with Crippen molar-refractivity contribution in [2.24, 2.45) is 5.14 Å². The second-order valence-corrected chi connectivity index (χ2v) is 7.07. The first-order chi connectivity index (χ1) is 11.2. The molecule has 0 saturated heterocycles. The maximum atomic E-state index is 12.3. The first kappa shape index (κ1) is 18.5. The number of carbonyl (C=O) groups excluding carboxylic acids is 1. The molecule has 0 unspecified atom stereocenters. The smallest absolute Gasteiger partial charge is 0.241 e. The average molecular weight is 386 g/mol. The van der Waals surface area contributed by atoms with Gasteiger partial charge in [-0.15, -0.1) is 0 Å². The van der Waals surface area contributed by atoms with Gasteiger partial charge in [-0.05, 0) is 42.0 Å². The Bertz CT molecular complexity index is 924. The van der Waals surface area contributed by atoms with Crippen LogP contribution in [0.3, 0.4) is 0 Å². The van der Waals surface area contributed by atoms with E-state index in [4.69, 9.17) is 33.1 Å². The molecule has 0 aliphatic heterocycles. The first-order valence-corrected chi connectivity index (χ1v) is 8.91. The van der Waals surface area contributed by atoms with Crippen molar-refractivity contribution in [1.82, 2.24) is 0 Å². The number of nitrogens with two attached hydrogens (primary N) is 1. The van der Waals surface area contributed by atoms with E-state index >= 15 is 0 Å². The van der Waals surface area contributed by atoms with Gasteiger partial charge in [0.25, 0.3) is 0 Å². The van der Waals surface area contributed by atoms with E-state index in [1.54, 1.807) is 18.2 Å². The van der Waals surface area contributed by atoms with Crippen LogP contribution in [0, 0.1) is 0 Å². The number of primary sulfonamides is 1. The Morgan fingerprint density at radius 1 is 1.21 bits per heavy atom. The van der Waals surface area contributed by atoms with E-state index < -0.39 is 15.8 Å². The molecule has 0 fully saturated rings. The largest absolute Gasteiger partial charge is 0.495 e. The lowest BCUT2D eigenvalue weighted by Crippen LogP contribution is -2.14. The van der Waals surface area contributed by atoms with Gasteiger partial charge in [-0.1, -0.05) is 35.3 Å². The summed E-state index contributed by atoms with van der Waals surface area (Å²) < 4.78 is 28.1. The number of carbonyl (C=O) groups is 1. The highest BCUT2D eigenvalue weighted by molar-refractivity contribution is 7.89. The van der Waals surface area contributed by atoms with Gasteiger partial charge < -0.3 is 4.74 Å². The molecule has 2 aromatic rings. The predicted molar refractivity (Wildman–Crippen MR) is 94.2 cm³/mol. The molecule has 0 heterocycles. The van der Waals surface area contributed by atoms with Gasteiger partial charge in [-0.3, -0.25) is 4.79 Å². The van der Waals surface area contributed by atoms with Crippen LogP contribution in [0.1, 0.15) is 15.9 Å². The molecule has 2 rings (SSSR count). The SMILES string of the molecule is COc1ccc(C(=O)/C=C/c2cccc(Cl)c2Cl)cc1S(N)(=O)=O. The minimum Gasteiger partial charge on any atom is -0.495 e. The molecule has 0 bridgehead atoms. The summed E-state index contributed by atoms with van der Waals surface area (Å²) in [6.07, 6.45) is 2.77. The minimum absolute atomic E-state index is 0.0657. The number of halogens is 2. The van der Waals surface area contributed by atoms with Gasteiger partial charge in [0.15, 0.2) is 5.78 Å². The van der Waals surface area contributed by atoms with Crippen LogP contribution in [-0.4, -0.2) is 21.3 Å². The second kappa shape index (κ2) is 7.36. The van der Waals surface area contributed by atoms with E-state index in [0.29, 0.717) is 15.6 Å². The van der Waals surface area contributed by atoms with Crippen molar-refractivity contribution in [3.63, 3.8) is 0 Å². The minimum atomic E-state index is -4.02.